The van der Waals surface area contributed by atoms with Gasteiger partial charge in [-0.15, -0.1) is 36.5 Å². The van der Waals surface area contributed by atoms with Gasteiger partial charge in [-0.05, 0) is 59.7 Å². The fraction of sp³-hybridized carbons (Fsp3) is 0.111. The molecule has 2 rings (SSSR count). The molecule has 0 unspecified atom stereocenters. The minimum Gasteiger partial charge on any atom is -0.463 e. The van der Waals surface area contributed by atoms with Crippen LogP contribution >= 0.6 is 0 Å². The average molecular weight is 477 g/mol. The third-order valence-electron chi connectivity index (χ3n) is 3.31. The van der Waals surface area contributed by atoms with Gasteiger partial charge in [-0.3, -0.25) is 0 Å². The van der Waals surface area contributed by atoms with Gasteiger partial charge in [0.25, 0.3) is 0 Å². The van der Waals surface area contributed by atoms with Crippen molar-refractivity contribution >= 4 is 24.5 Å². The summed E-state index contributed by atoms with van der Waals surface area (Å²) in [7, 11) is 0. The number of hydrazone groups is 1. The Kier molecular flexibility index (Phi) is 7.82. The molecule has 33 heavy (non-hydrogen) atoms. The lowest BCUT2D eigenvalue weighted by Crippen LogP contribution is -2.37. The molecular weight excluding hydrogens is 464 g/mol. The summed E-state index contributed by atoms with van der Waals surface area (Å²) < 4.78 is 80.3. The van der Waals surface area contributed by atoms with Crippen molar-refractivity contribution in [2.75, 3.05) is 0 Å². The Morgan fingerprint density at radius 3 is 1.67 bits per heavy atom. The van der Waals surface area contributed by atoms with Crippen LogP contribution < -0.4 is 15.2 Å². The van der Waals surface area contributed by atoms with Gasteiger partial charge in [0.05, 0.1) is 12.4 Å². The van der Waals surface area contributed by atoms with Crippen molar-refractivity contribution in [1.29, 1.82) is 0 Å². The molecule has 0 aliphatic carbocycles. The third-order valence-corrected chi connectivity index (χ3v) is 3.31. The molecule has 2 aromatic rings. The molecule has 0 saturated carbocycles. The standard InChI is InChI=1S/C18H13F6N5O4/c19-17(20,21)32-13-5-1-11(2-6-13)9-26-28-15(25)29(16(30)31)27-10-12-3-7-14(8-4-12)33-18(22,23)24/h1-10H,(H2,25,28)(H,30,31). The summed E-state index contributed by atoms with van der Waals surface area (Å²) in [5.41, 5.74) is 6.03. The molecule has 3 N–H and O–H groups in total. The molecule has 0 aliphatic heterocycles. The second-order valence-corrected chi connectivity index (χ2v) is 5.78. The highest BCUT2D eigenvalue weighted by atomic mass is 19.4. The second-order valence-electron chi connectivity index (χ2n) is 5.78. The summed E-state index contributed by atoms with van der Waals surface area (Å²) in [6, 6.07) is 8.87. The van der Waals surface area contributed by atoms with Crippen LogP contribution in [0.5, 0.6) is 11.5 Å². The molecule has 1 amide bonds. The number of ether oxygens (including phenoxy) is 2. The highest BCUT2D eigenvalue weighted by molar-refractivity contribution is 5.94. The van der Waals surface area contributed by atoms with Crippen molar-refractivity contribution in [1.82, 2.24) is 5.01 Å². The van der Waals surface area contributed by atoms with Crippen molar-refractivity contribution in [3.05, 3.63) is 59.7 Å². The maximum absolute atomic E-state index is 12.2. The normalized spacial score (nSPS) is 12.8. The minimum atomic E-state index is -4.86. The van der Waals surface area contributed by atoms with Gasteiger partial charge in [0, 0.05) is 0 Å². The number of amides is 1. The minimum absolute atomic E-state index is 0.216. The van der Waals surface area contributed by atoms with Gasteiger partial charge in [0.15, 0.2) is 0 Å². The van der Waals surface area contributed by atoms with Gasteiger partial charge < -0.3 is 20.3 Å². The zero-order valence-corrected chi connectivity index (χ0v) is 16.1. The number of hydrogen-bond acceptors (Lipinski definition) is 6. The average Bonchev–Trinajstić information content (AvgIpc) is 2.68. The molecule has 15 heteroatoms. The highest BCUT2D eigenvalue weighted by Crippen LogP contribution is 2.23. The Bertz CT molecular complexity index is 1030. The first-order valence-corrected chi connectivity index (χ1v) is 8.47. The smallest absolute Gasteiger partial charge is 0.463 e. The Morgan fingerprint density at radius 2 is 1.27 bits per heavy atom. The highest BCUT2D eigenvalue weighted by Gasteiger charge is 2.31. The Labute approximate surface area is 181 Å². The monoisotopic (exact) mass is 477 g/mol. The van der Waals surface area contributed by atoms with Crippen molar-refractivity contribution in [2.45, 2.75) is 12.7 Å². The van der Waals surface area contributed by atoms with Crippen molar-refractivity contribution in [3.63, 3.8) is 0 Å². The molecule has 0 atom stereocenters. The van der Waals surface area contributed by atoms with Gasteiger partial charge >= 0.3 is 18.8 Å². The second kappa shape index (κ2) is 10.3. The maximum atomic E-state index is 12.2. The molecule has 0 bridgehead atoms. The number of carbonyl (C=O) groups is 1. The van der Waals surface area contributed by atoms with E-state index < -0.39 is 36.3 Å². The first kappa shape index (κ1) is 25.0. The van der Waals surface area contributed by atoms with Crippen molar-refractivity contribution < 1.29 is 45.7 Å². The molecule has 0 aliphatic rings. The number of halogens is 6. The van der Waals surface area contributed by atoms with Crippen LogP contribution in [0.2, 0.25) is 0 Å². The predicted octanol–water partition coefficient (Wildman–Crippen LogP) is 4.15. The number of benzene rings is 2. The van der Waals surface area contributed by atoms with Gasteiger partial charge in [0.1, 0.15) is 11.5 Å². The number of rotatable bonds is 6. The topological polar surface area (TPSA) is 122 Å². The molecule has 9 nitrogen and oxygen atoms in total. The van der Waals surface area contributed by atoms with Crippen LogP contribution in [0.25, 0.3) is 0 Å². The summed E-state index contributed by atoms with van der Waals surface area (Å²) in [6.07, 6.45) is -9.29. The molecule has 0 heterocycles. The van der Waals surface area contributed by atoms with Crippen molar-refractivity contribution in [2.24, 2.45) is 21.0 Å². The van der Waals surface area contributed by atoms with Crippen LogP contribution in [0.15, 0.2) is 63.8 Å². The van der Waals surface area contributed by atoms with Gasteiger partial charge in [-0.25, -0.2) is 4.79 Å². The molecule has 0 aromatic heterocycles. The van der Waals surface area contributed by atoms with E-state index in [4.69, 9.17) is 5.73 Å². The van der Waals surface area contributed by atoms with Crippen LogP contribution in [0.4, 0.5) is 31.1 Å². The summed E-state index contributed by atoms with van der Waals surface area (Å²) in [5, 5.41) is 19.9. The van der Waals surface area contributed by atoms with Crippen LogP contribution in [-0.2, 0) is 0 Å². The molecule has 2 aromatic carbocycles. The number of hydrogen-bond donors (Lipinski definition) is 2. The SMILES string of the molecule is N/C(=N\N=Cc1ccc(OC(F)(F)F)cc1)N(N=Cc1ccc(OC(F)(F)F)cc1)C(=O)O. The van der Waals surface area contributed by atoms with Crippen LogP contribution in [0, 0.1) is 0 Å². The van der Waals surface area contributed by atoms with E-state index in [0.29, 0.717) is 5.56 Å². The summed E-state index contributed by atoms with van der Waals surface area (Å²) >= 11 is 0. The summed E-state index contributed by atoms with van der Waals surface area (Å²) in [6.45, 7) is 0. The van der Waals surface area contributed by atoms with Crippen LogP contribution in [0.3, 0.4) is 0 Å². The number of nitrogens with two attached hydrogens (primary N) is 1. The van der Waals surface area contributed by atoms with E-state index in [0.717, 1.165) is 36.7 Å². The molecular formula is C18H13F6N5O4. The van der Waals surface area contributed by atoms with Gasteiger partial charge in [-0.1, -0.05) is 0 Å². The molecule has 0 fully saturated rings. The number of guanidine groups is 1. The maximum Gasteiger partial charge on any atom is 0.573 e. The van der Waals surface area contributed by atoms with Crippen LogP contribution in [0.1, 0.15) is 11.1 Å². The van der Waals surface area contributed by atoms with E-state index in [-0.39, 0.29) is 10.6 Å². The summed E-state index contributed by atoms with van der Waals surface area (Å²) in [5.74, 6) is -1.63. The van der Waals surface area contributed by atoms with Crippen LogP contribution in [-0.4, -0.2) is 47.3 Å². The van der Waals surface area contributed by atoms with Gasteiger partial charge in [-0.2, -0.15) is 10.2 Å². The Hall–Kier alpha value is -4.30. The van der Waals surface area contributed by atoms with E-state index in [2.05, 4.69) is 24.8 Å². The fourth-order valence-corrected chi connectivity index (χ4v) is 2.04. The van der Waals surface area contributed by atoms with E-state index in [1.807, 2.05) is 0 Å². The largest absolute Gasteiger partial charge is 0.573 e. The van der Waals surface area contributed by atoms with E-state index in [1.165, 1.54) is 24.3 Å². The lowest BCUT2D eigenvalue weighted by Gasteiger charge is -2.10. The van der Waals surface area contributed by atoms with Gasteiger partial charge in [0.2, 0.25) is 5.96 Å². The lowest BCUT2D eigenvalue weighted by atomic mass is 10.2. The molecule has 0 radical (unpaired) electrons. The fourth-order valence-electron chi connectivity index (χ4n) is 2.04. The quantitative estimate of drug-likeness (QED) is 0.280. The first-order chi connectivity index (χ1) is 15.3. The first-order valence-electron chi connectivity index (χ1n) is 8.47. The Morgan fingerprint density at radius 1 is 0.848 bits per heavy atom. The third kappa shape index (κ3) is 9.16. The number of nitrogens with zero attached hydrogens (tertiary/aromatic N) is 4. The zero-order valence-electron chi connectivity index (χ0n) is 16.1. The molecule has 0 saturated heterocycles. The molecule has 176 valence electrons. The van der Waals surface area contributed by atoms with Crippen molar-refractivity contribution in [3.8, 4) is 11.5 Å². The van der Waals surface area contributed by atoms with E-state index in [1.54, 1.807) is 0 Å². The summed E-state index contributed by atoms with van der Waals surface area (Å²) in [4.78, 5) is 11.3. The van der Waals surface area contributed by atoms with E-state index >= 15 is 0 Å². The lowest BCUT2D eigenvalue weighted by molar-refractivity contribution is -0.275. The molecule has 0 spiro atoms. The van der Waals surface area contributed by atoms with E-state index in [9.17, 15) is 36.2 Å². The number of alkyl halides is 6. The number of carboxylic acid groups (broad SMARTS) is 1. The zero-order chi connectivity index (χ0) is 24.6. The predicted molar refractivity (Wildman–Crippen MR) is 103 cm³/mol. The Balaban J connectivity index is 2.05.